The molecule has 0 amide bonds. The molecule has 10 heteroatoms. The number of hydrogen-bond donors (Lipinski definition) is 1. The number of phosphoric acid groups is 1. The largest absolute Gasteiger partial charge is 0.478 e. The van der Waals surface area contributed by atoms with Crippen molar-refractivity contribution in [3.8, 4) is 5.75 Å². The Labute approximate surface area is 231 Å². The van der Waals surface area contributed by atoms with Crippen LogP contribution in [0.4, 0.5) is 5.69 Å². The number of ketones is 1. The van der Waals surface area contributed by atoms with Gasteiger partial charge in [-0.1, -0.05) is 12.1 Å². The smallest absolute Gasteiger partial charge is 0.466 e. The van der Waals surface area contributed by atoms with Gasteiger partial charge in [0, 0.05) is 25.5 Å². The van der Waals surface area contributed by atoms with Gasteiger partial charge in [0.05, 0.1) is 22.3 Å². The Hall–Kier alpha value is -2.52. The summed E-state index contributed by atoms with van der Waals surface area (Å²) in [6.07, 6.45) is 1.73. The molecule has 0 radical (unpaired) electrons. The molecule has 2 N–H and O–H groups in total. The van der Waals surface area contributed by atoms with Gasteiger partial charge in [0.1, 0.15) is 5.75 Å². The number of methoxy groups -OCH3 is 2. The molecule has 3 rings (SSSR count). The molecular formula is C29H40NO8P. The van der Waals surface area contributed by atoms with E-state index in [4.69, 9.17) is 33.5 Å². The second kappa shape index (κ2) is 11.2. The van der Waals surface area contributed by atoms with Gasteiger partial charge in [-0.05, 0) is 96.4 Å². The van der Waals surface area contributed by atoms with Crippen LogP contribution in [0.2, 0.25) is 0 Å². The summed E-state index contributed by atoms with van der Waals surface area (Å²) in [5, 5.41) is 0. The highest BCUT2D eigenvalue weighted by atomic mass is 31.2. The molecule has 214 valence electrons. The van der Waals surface area contributed by atoms with Gasteiger partial charge >= 0.3 is 7.82 Å². The monoisotopic (exact) mass is 561 g/mol. The highest BCUT2D eigenvalue weighted by Gasteiger charge is 2.50. The molecule has 0 bridgehead atoms. The van der Waals surface area contributed by atoms with Crippen molar-refractivity contribution >= 4 is 25.4 Å². The maximum Gasteiger partial charge on any atom is 0.478 e. The average Bonchev–Trinajstić information content (AvgIpc) is 3.02. The van der Waals surface area contributed by atoms with Gasteiger partial charge in [0.2, 0.25) is 5.79 Å². The van der Waals surface area contributed by atoms with E-state index in [1.165, 1.54) is 14.2 Å². The number of ether oxygens (including phenoxy) is 3. The normalized spacial score (nSPS) is 16.6. The lowest BCUT2D eigenvalue weighted by Gasteiger charge is -2.30. The van der Waals surface area contributed by atoms with Gasteiger partial charge in [-0.25, -0.2) is 9.09 Å². The van der Waals surface area contributed by atoms with Crippen molar-refractivity contribution in [3.63, 3.8) is 0 Å². The fourth-order valence-electron chi connectivity index (χ4n) is 4.56. The number of phosphoric ester groups is 1. The molecule has 0 unspecified atom stereocenters. The lowest BCUT2D eigenvalue weighted by Crippen LogP contribution is -2.30. The minimum absolute atomic E-state index is 0.260. The van der Waals surface area contributed by atoms with Crippen molar-refractivity contribution in [1.29, 1.82) is 0 Å². The summed E-state index contributed by atoms with van der Waals surface area (Å²) in [5.74, 6) is -1.09. The summed E-state index contributed by atoms with van der Waals surface area (Å²) in [4.78, 5) is 13.4. The summed E-state index contributed by atoms with van der Waals surface area (Å²) < 4.78 is 47.5. The molecule has 1 aliphatic rings. The van der Waals surface area contributed by atoms with Crippen molar-refractivity contribution in [2.24, 2.45) is 0 Å². The van der Waals surface area contributed by atoms with Gasteiger partial charge in [-0.15, -0.1) is 0 Å². The van der Waals surface area contributed by atoms with Crippen LogP contribution in [0.3, 0.4) is 0 Å². The van der Waals surface area contributed by atoms with Crippen LogP contribution < -0.4 is 10.5 Å². The summed E-state index contributed by atoms with van der Waals surface area (Å²) in [6, 6.07) is 8.94. The topological polar surface area (TPSA) is 116 Å². The van der Waals surface area contributed by atoms with E-state index in [-0.39, 0.29) is 12.6 Å². The number of nitrogen functional groups attached to an aromatic ring is 1. The highest BCUT2D eigenvalue weighted by molar-refractivity contribution is 7.48. The predicted octanol–water partition coefficient (Wildman–Crippen LogP) is 6.70. The van der Waals surface area contributed by atoms with Crippen LogP contribution in [0, 0.1) is 13.8 Å². The van der Waals surface area contributed by atoms with Crippen LogP contribution in [0.5, 0.6) is 5.75 Å². The molecule has 0 atom stereocenters. The van der Waals surface area contributed by atoms with Gasteiger partial charge in [0.25, 0.3) is 0 Å². The number of Topliss-reactive ketones (excluding diaryl/α,β-unsaturated/α-hetero) is 1. The van der Waals surface area contributed by atoms with Crippen molar-refractivity contribution in [2.45, 2.75) is 72.4 Å². The Bertz CT molecular complexity index is 1270. The molecule has 2 aromatic rings. The molecule has 0 heterocycles. The fraction of sp³-hybridized carbons (Fsp3) is 0.483. The van der Waals surface area contributed by atoms with E-state index in [0.717, 1.165) is 16.7 Å². The zero-order chi connectivity index (χ0) is 29.4. The third-order valence-corrected chi connectivity index (χ3v) is 7.80. The number of hydrogen-bond acceptors (Lipinski definition) is 9. The molecule has 2 aromatic carbocycles. The number of rotatable bonds is 9. The average molecular weight is 562 g/mol. The van der Waals surface area contributed by atoms with E-state index in [9.17, 15) is 9.36 Å². The number of carbonyl (C=O) groups excluding carboxylic acids is 1. The Morgan fingerprint density at radius 3 is 1.97 bits per heavy atom. The first-order valence-corrected chi connectivity index (χ1v) is 14.1. The quantitative estimate of drug-likeness (QED) is 0.154. The lowest BCUT2D eigenvalue weighted by atomic mass is 9.99. The number of fused-ring (bicyclic) bond motifs is 1. The Morgan fingerprint density at radius 1 is 0.949 bits per heavy atom. The fourth-order valence-corrected chi connectivity index (χ4v) is 6.23. The standard InChI is InChI=1S/C29H40NO8P/c1-18-14-20(16-22-25(31)24-21(12-11-13-23(24)30)29(22,33-9)34-10)15-19(2)26(18)35-17-36-39(32,37-27(3,4)5)38-28(6,7)8/h11-16H,17,30H2,1-10H3. The van der Waals surface area contributed by atoms with Crippen LogP contribution >= 0.6 is 7.82 Å². The molecule has 9 nitrogen and oxygen atoms in total. The third-order valence-electron chi connectivity index (χ3n) is 5.83. The van der Waals surface area contributed by atoms with E-state index < -0.39 is 24.8 Å². The number of nitrogens with two attached hydrogens (primary N) is 1. The molecular weight excluding hydrogens is 521 g/mol. The number of carbonyl (C=O) groups is 1. The van der Waals surface area contributed by atoms with E-state index in [1.807, 2.05) is 26.0 Å². The summed E-state index contributed by atoms with van der Waals surface area (Å²) in [5.41, 5.74) is 8.52. The first-order valence-electron chi connectivity index (χ1n) is 12.6. The van der Waals surface area contributed by atoms with Gasteiger partial charge < -0.3 is 19.9 Å². The Balaban J connectivity index is 1.89. The zero-order valence-corrected chi connectivity index (χ0v) is 25.4. The van der Waals surface area contributed by atoms with Gasteiger partial charge in [0.15, 0.2) is 12.6 Å². The second-order valence-corrected chi connectivity index (χ2v) is 12.9. The molecule has 0 aliphatic heterocycles. The molecule has 0 aromatic heterocycles. The van der Waals surface area contributed by atoms with E-state index in [0.29, 0.717) is 28.1 Å². The predicted molar refractivity (Wildman–Crippen MR) is 151 cm³/mol. The number of aryl methyl sites for hydroxylation is 2. The van der Waals surface area contributed by atoms with Gasteiger partial charge in [-0.2, -0.15) is 0 Å². The van der Waals surface area contributed by atoms with Crippen molar-refractivity contribution in [2.75, 3.05) is 26.7 Å². The summed E-state index contributed by atoms with van der Waals surface area (Å²) in [6.45, 7) is 14.0. The first kappa shape index (κ1) is 31.0. The summed E-state index contributed by atoms with van der Waals surface area (Å²) in [7, 11) is -0.955. The second-order valence-electron chi connectivity index (χ2n) is 11.4. The minimum Gasteiger partial charge on any atom is -0.466 e. The Kier molecular flexibility index (Phi) is 8.87. The van der Waals surface area contributed by atoms with E-state index >= 15 is 0 Å². The first-order chi connectivity index (χ1) is 18.0. The molecule has 39 heavy (non-hydrogen) atoms. The summed E-state index contributed by atoms with van der Waals surface area (Å²) >= 11 is 0. The number of benzene rings is 2. The molecule has 0 spiro atoms. The van der Waals surface area contributed by atoms with Crippen LogP contribution in [0.1, 0.15) is 74.2 Å². The van der Waals surface area contributed by atoms with Crippen LogP contribution in [-0.2, 0) is 33.4 Å². The maximum atomic E-state index is 13.4. The van der Waals surface area contributed by atoms with Crippen LogP contribution in [0.25, 0.3) is 6.08 Å². The van der Waals surface area contributed by atoms with Crippen molar-refractivity contribution in [1.82, 2.24) is 0 Å². The zero-order valence-electron chi connectivity index (χ0n) is 24.5. The van der Waals surface area contributed by atoms with Crippen LogP contribution in [-0.4, -0.2) is 38.0 Å². The molecule has 1 aliphatic carbocycles. The van der Waals surface area contributed by atoms with Gasteiger partial charge in [-0.3, -0.25) is 13.8 Å². The molecule has 0 saturated heterocycles. The minimum atomic E-state index is -3.93. The lowest BCUT2D eigenvalue weighted by molar-refractivity contribution is -0.180. The Morgan fingerprint density at radius 2 is 1.49 bits per heavy atom. The van der Waals surface area contributed by atoms with E-state index in [2.05, 4.69) is 0 Å². The highest BCUT2D eigenvalue weighted by Crippen LogP contribution is 2.55. The van der Waals surface area contributed by atoms with Crippen LogP contribution in [0.15, 0.2) is 35.9 Å². The molecule has 0 saturated carbocycles. The molecule has 0 fully saturated rings. The number of anilines is 1. The third kappa shape index (κ3) is 6.80. The van der Waals surface area contributed by atoms with Crippen molar-refractivity contribution in [3.05, 3.63) is 63.7 Å². The van der Waals surface area contributed by atoms with E-state index in [1.54, 1.807) is 65.8 Å². The SMILES string of the molecule is COC1(OC)C(=Cc2cc(C)c(OCOP(=O)(OC(C)(C)C)OC(C)(C)C)c(C)c2)C(=O)c2c(N)cccc21. The maximum absolute atomic E-state index is 13.4. The van der Waals surface area contributed by atoms with Crippen molar-refractivity contribution < 1.29 is 37.1 Å².